The van der Waals surface area contributed by atoms with Crippen molar-refractivity contribution in [2.45, 2.75) is 46.1 Å². The van der Waals surface area contributed by atoms with Crippen LogP contribution in [-0.2, 0) is 9.59 Å². The van der Waals surface area contributed by atoms with Gasteiger partial charge >= 0.3 is 0 Å². The molecule has 1 atom stereocenters. The number of carbonyl (C=O) groups excluding carboxylic acids is 3. The number of anilines is 3. The Bertz CT molecular complexity index is 865. The Balaban J connectivity index is 1.85. The second-order valence-electron chi connectivity index (χ2n) is 7.14. The van der Waals surface area contributed by atoms with Crippen molar-refractivity contribution >= 4 is 34.8 Å². The number of rotatable bonds is 10. The summed E-state index contributed by atoms with van der Waals surface area (Å²) in [5.74, 6) is -0.379. The Morgan fingerprint density at radius 1 is 0.867 bits per heavy atom. The van der Waals surface area contributed by atoms with Gasteiger partial charge in [-0.25, -0.2) is 0 Å². The molecule has 0 bridgehead atoms. The van der Waals surface area contributed by atoms with Crippen molar-refractivity contribution in [2.75, 3.05) is 22.5 Å². The Labute approximate surface area is 177 Å². The van der Waals surface area contributed by atoms with Gasteiger partial charge in [0.05, 0.1) is 6.54 Å². The van der Waals surface area contributed by atoms with Crippen LogP contribution in [0.4, 0.5) is 17.1 Å². The van der Waals surface area contributed by atoms with Gasteiger partial charge in [0, 0.05) is 35.1 Å². The minimum atomic E-state index is -0.216. The molecule has 0 spiro atoms. The fraction of sp³-hybridized carbons (Fsp3) is 0.348. The first-order chi connectivity index (χ1) is 14.4. The third-order valence-electron chi connectivity index (χ3n) is 4.50. The van der Waals surface area contributed by atoms with Crippen LogP contribution in [0.25, 0.3) is 0 Å². The largest absolute Gasteiger partial charge is 0.376 e. The van der Waals surface area contributed by atoms with Crippen molar-refractivity contribution in [1.29, 1.82) is 0 Å². The maximum Gasteiger partial charge on any atom is 0.251 e. The van der Waals surface area contributed by atoms with Gasteiger partial charge in [0.1, 0.15) is 0 Å². The van der Waals surface area contributed by atoms with E-state index >= 15 is 0 Å². The smallest absolute Gasteiger partial charge is 0.251 e. The maximum atomic E-state index is 12.2. The Morgan fingerprint density at radius 3 is 2.20 bits per heavy atom. The number of hydrogen-bond acceptors (Lipinski definition) is 4. The highest BCUT2D eigenvalue weighted by atomic mass is 16.2. The van der Waals surface area contributed by atoms with E-state index in [9.17, 15) is 14.4 Å². The van der Waals surface area contributed by atoms with Crippen molar-refractivity contribution in [2.24, 2.45) is 0 Å². The van der Waals surface area contributed by atoms with Gasteiger partial charge in [-0.15, -0.1) is 0 Å². The number of benzene rings is 2. The average Bonchev–Trinajstić information content (AvgIpc) is 2.73. The summed E-state index contributed by atoms with van der Waals surface area (Å²) in [6.45, 7) is 5.98. The lowest BCUT2D eigenvalue weighted by atomic mass is 10.1. The summed E-state index contributed by atoms with van der Waals surface area (Å²) >= 11 is 0. The van der Waals surface area contributed by atoms with Crippen molar-refractivity contribution in [3.05, 3.63) is 54.1 Å². The molecule has 2 aromatic rings. The third kappa shape index (κ3) is 7.58. The van der Waals surface area contributed by atoms with Gasteiger partial charge in [-0.1, -0.05) is 19.9 Å². The van der Waals surface area contributed by atoms with Gasteiger partial charge in [0.2, 0.25) is 11.8 Å². The number of hydrogen-bond donors (Lipinski definition) is 4. The van der Waals surface area contributed by atoms with Crippen LogP contribution in [0.1, 0.15) is 50.4 Å². The predicted octanol–water partition coefficient (Wildman–Crippen LogP) is 4.00. The van der Waals surface area contributed by atoms with Crippen LogP contribution in [0.3, 0.4) is 0 Å². The van der Waals surface area contributed by atoms with E-state index in [-0.39, 0.29) is 30.3 Å². The first-order valence-corrected chi connectivity index (χ1v) is 10.3. The molecule has 0 aliphatic rings. The molecule has 7 nitrogen and oxygen atoms in total. The molecular weight excluding hydrogens is 380 g/mol. The molecule has 3 amide bonds. The highest BCUT2D eigenvalue weighted by Gasteiger charge is 2.09. The van der Waals surface area contributed by atoms with Gasteiger partial charge in [-0.2, -0.15) is 0 Å². The molecule has 1 unspecified atom stereocenters. The zero-order valence-corrected chi connectivity index (χ0v) is 17.7. The summed E-state index contributed by atoms with van der Waals surface area (Å²) in [7, 11) is 0. The Hall–Kier alpha value is -3.35. The highest BCUT2D eigenvalue weighted by molar-refractivity contribution is 5.97. The first kappa shape index (κ1) is 22.9. The van der Waals surface area contributed by atoms with Crippen LogP contribution in [0.2, 0.25) is 0 Å². The van der Waals surface area contributed by atoms with Gasteiger partial charge in [-0.05, 0) is 62.2 Å². The lowest BCUT2D eigenvalue weighted by Gasteiger charge is -2.12. The maximum absolute atomic E-state index is 12.2. The Kier molecular flexibility index (Phi) is 8.87. The molecule has 0 aromatic heterocycles. The lowest BCUT2D eigenvalue weighted by molar-refractivity contribution is -0.116. The molecule has 0 heterocycles. The molecule has 4 N–H and O–H groups in total. The summed E-state index contributed by atoms with van der Waals surface area (Å²) in [5.41, 5.74) is 2.58. The molecule has 2 rings (SSSR count). The monoisotopic (exact) mass is 410 g/mol. The van der Waals surface area contributed by atoms with Crippen LogP contribution >= 0.6 is 0 Å². The minimum Gasteiger partial charge on any atom is -0.376 e. The molecular formula is C23H30N4O3. The molecule has 0 aliphatic carbocycles. The number of carbonyl (C=O) groups is 3. The van der Waals surface area contributed by atoms with Crippen molar-refractivity contribution in [1.82, 2.24) is 5.32 Å². The molecule has 2 aromatic carbocycles. The zero-order chi connectivity index (χ0) is 21.9. The number of nitrogens with one attached hydrogen (secondary N) is 4. The summed E-state index contributed by atoms with van der Waals surface area (Å²) in [5, 5.41) is 11.6. The molecule has 0 fully saturated rings. The van der Waals surface area contributed by atoms with Gasteiger partial charge in [-0.3, -0.25) is 14.4 Å². The summed E-state index contributed by atoms with van der Waals surface area (Å²) in [6, 6.07) is 14.1. The molecule has 160 valence electrons. The molecule has 0 saturated carbocycles. The normalized spacial score (nSPS) is 11.3. The van der Waals surface area contributed by atoms with E-state index in [1.54, 1.807) is 36.4 Å². The zero-order valence-electron chi connectivity index (χ0n) is 17.7. The second-order valence-corrected chi connectivity index (χ2v) is 7.14. The van der Waals surface area contributed by atoms with Crippen molar-refractivity contribution in [3.63, 3.8) is 0 Å². The molecule has 0 saturated heterocycles. The summed E-state index contributed by atoms with van der Waals surface area (Å²) in [6.07, 6.45) is 2.12. The third-order valence-corrected chi connectivity index (χ3v) is 4.50. The van der Waals surface area contributed by atoms with Crippen LogP contribution in [0, 0.1) is 0 Å². The van der Waals surface area contributed by atoms with E-state index in [4.69, 9.17) is 0 Å². The van der Waals surface area contributed by atoms with E-state index < -0.39 is 0 Å². The first-order valence-electron chi connectivity index (χ1n) is 10.3. The van der Waals surface area contributed by atoms with Crippen LogP contribution < -0.4 is 21.3 Å². The van der Waals surface area contributed by atoms with Crippen molar-refractivity contribution < 1.29 is 14.4 Å². The molecule has 0 radical (unpaired) electrons. The van der Waals surface area contributed by atoms with Crippen LogP contribution in [0.15, 0.2) is 48.5 Å². The van der Waals surface area contributed by atoms with Gasteiger partial charge < -0.3 is 21.3 Å². The van der Waals surface area contributed by atoms with Gasteiger partial charge in [0.25, 0.3) is 5.91 Å². The van der Waals surface area contributed by atoms with E-state index in [0.29, 0.717) is 23.4 Å². The quantitative estimate of drug-likeness (QED) is 0.476. The number of amides is 3. The highest BCUT2D eigenvalue weighted by Crippen LogP contribution is 2.16. The van der Waals surface area contributed by atoms with E-state index in [1.807, 2.05) is 32.9 Å². The topological polar surface area (TPSA) is 99.3 Å². The van der Waals surface area contributed by atoms with E-state index in [1.165, 1.54) is 0 Å². The average molecular weight is 411 g/mol. The second kappa shape index (κ2) is 11.6. The van der Waals surface area contributed by atoms with E-state index in [2.05, 4.69) is 21.3 Å². The predicted molar refractivity (Wildman–Crippen MR) is 121 cm³/mol. The molecule has 30 heavy (non-hydrogen) atoms. The summed E-state index contributed by atoms with van der Waals surface area (Å²) < 4.78 is 0. The van der Waals surface area contributed by atoms with Crippen LogP contribution in [0.5, 0.6) is 0 Å². The van der Waals surface area contributed by atoms with Crippen LogP contribution in [-0.4, -0.2) is 30.3 Å². The molecule has 0 aliphatic heterocycles. The summed E-state index contributed by atoms with van der Waals surface area (Å²) in [4.78, 5) is 36.0. The lowest BCUT2D eigenvalue weighted by Crippen LogP contribution is -2.31. The fourth-order valence-electron chi connectivity index (χ4n) is 2.66. The standard InChI is InChI=1S/C23H30N4O3/c1-4-7-21(28)27-20-9-6-8-19(14-20)24-15-22(29)26-18-12-10-17(11-13-18)23(30)25-16(3)5-2/h6,8-14,16,24H,4-5,7,15H2,1-3H3,(H,25,30)(H,26,29)(H,27,28). The molecule has 7 heteroatoms. The fourth-order valence-corrected chi connectivity index (χ4v) is 2.66. The Morgan fingerprint density at radius 2 is 1.53 bits per heavy atom. The SMILES string of the molecule is CCCC(=O)Nc1cccc(NCC(=O)Nc2ccc(C(=O)NC(C)CC)cc2)c1. The van der Waals surface area contributed by atoms with E-state index in [0.717, 1.165) is 18.5 Å². The van der Waals surface area contributed by atoms with Crippen molar-refractivity contribution in [3.8, 4) is 0 Å². The van der Waals surface area contributed by atoms with Gasteiger partial charge in [0.15, 0.2) is 0 Å². The minimum absolute atomic E-state index is 0.0336.